The van der Waals surface area contributed by atoms with Gasteiger partial charge in [-0.2, -0.15) is 5.10 Å². The van der Waals surface area contributed by atoms with Gasteiger partial charge >= 0.3 is 5.97 Å². The van der Waals surface area contributed by atoms with Gasteiger partial charge in [0.2, 0.25) is 0 Å². The Bertz CT molecular complexity index is 1620. The average Bonchev–Trinajstić information content (AvgIpc) is 3.20. The zero-order valence-electron chi connectivity index (χ0n) is 20.5. The lowest BCUT2D eigenvalue weighted by atomic mass is 10.0. The number of benzene rings is 3. The van der Waals surface area contributed by atoms with Gasteiger partial charge < -0.3 is 15.2 Å². The summed E-state index contributed by atoms with van der Waals surface area (Å²) in [6.45, 7) is 5.85. The largest absolute Gasteiger partial charge is 0.497 e. The summed E-state index contributed by atoms with van der Waals surface area (Å²) in [5.74, 6) is 0.124. The van der Waals surface area contributed by atoms with Gasteiger partial charge in [-0.15, -0.1) is 0 Å². The molecule has 0 saturated carbocycles. The molecular formula is C29H26N4O3. The summed E-state index contributed by atoms with van der Waals surface area (Å²) >= 11 is 0. The van der Waals surface area contributed by atoms with Crippen LogP contribution in [0.5, 0.6) is 5.75 Å². The molecule has 0 saturated heterocycles. The van der Waals surface area contributed by atoms with Crippen molar-refractivity contribution in [3.05, 3.63) is 95.3 Å². The molecule has 0 aliphatic carbocycles. The highest BCUT2D eigenvalue weighted by Gasteiger charge is 2.23. The lowest BCUT2D eigenvalue weighted by Crippen LogP contribution is -2.10. The van der Waals surface area contributed by atoms with Crippen molar-refractivity contribution >= 4 is 28.4 Å². The quantitative estimate of drug-likeness (QED) is 0.291. The first-order valence-corrected chi connectivity index (χ1v) is 11.6. The fourth-order valence-electron chi connectivity index (χ4n) is 4.52. The summed E-state index contributed by atoms with van der Waals surface area (Å²) in [6, 6.07) is 21.3. The van der Waals surface area contributed by atoms with E-state index in [-0.39, 0.29) is 5.56 Å². The van der Waals surface area contributed by atoms with Crippen molar-refractivity contribution in [3.63, 3.8) is 0 Å². The maximum absolute atomic E-state index is 12.2. The molecule has 2 heterocycles. The van der Waals surface area contributed by atoms with Crippen LogP contribution in [0.25, 0.3) is 27.7 Å². The van der Waals surface area contributed by atoms with Gasteiger partial charge in [-0.05, 0) is 73.9 Å². The number of ether oxygens (including phenoxy) is 1. The number of hydrogen-bond donors (Lipinski definition) is 2. The second-order valence-corrected chi connectivity index (χ2v) is 8.72. The lowest BCUT2D eigenvalue weighted by Gasteiger charge is -2.18. The van der Waals surface area contributed by atoms with Gasteiger partial charge in [0.05, 0.1) is 35.3 Å². The molecule has 0 bridgehead atoms. The molecule has 0 radical (unpaired) electrons. The number of rotatable bonds is 6. The number of pyridine rings is 1. The third-order valence-corrected chi connectivity index (χ3v) is 6.31. The minimum Gasteiger partial charge on any atom is -0.497 e. The molecule has 7 heteroatoms. The highest BCUT2D eigenvalue weighted by molar-refractivity contribution is 5.98. The molecule has 5 rings (SSSR count). The van der Waals surface area contributed by atoms with E-state index in [0.717, 1.165) is 44.5 Å². The van der Waals surface area contributed by atoms with E-state index in [1.54, 1.807) is 6.20 Å². The van der Waals surface area contributed by atoms with Crippen molar-refractivity contribution in [2.75, 3.05) is 12.4 Å². The Morgan fingerprint density at radius 3 is 2.53 bits per heavy atom. The number of nitrogens with one attached hydrogen (secondary N) is 1. The zero-order valence-corrected chi connectivity index (χ0v) is 20.5. The van der Waals surface area contributed by atoms with Gasteiger partial charge in [0, 0.05) is 17.1 Å². The Kier molecular flexibility index (Phi) is 5.90. The van der Waals surface area contributed by atoms with Gasteiger partial charge in [0.15, 0.2) is 0 Å². The van der Waals surface area contributed by atoms with Crippen molar-refractivity contribution < 1.29 is 14.6 Å². The first kappa shape index (κ1) is 23.1. The summed E-state index contributed by atoms with van der Waals surface area (Å²) in [4.78, 5) is 16.7. The van der Waals surface area contributed by atoms with Crippen LogP contribution in [0.3, 0.4) is 0 Å². The van der Waals surface area contributed by atoms with Crippen LogP contribution in [0.1, 0.15) is 27.2 Å². The molecule has 0 amide bonds. The van der Waals surface area contributed by atoms with Crippen molar-refractivity contribution in [3.8, 4) is 22.6 Å². The summed E-state index contributed by atoms with van der Waals surface area (Å²) in [7, 11) is 1.52. The molecule has 0 aliphatic heterocycles. The molecule has 2 N–H and O–H groups in total. The van der Waals surface area contributed by atoms with Crippen LogP contribution in [0, 0.1) is 20.8 Å². The van der Waals surface area contributed by atoms with Crippen molar-refractivity contribution in [1.29, 1.82) is 0 Å². The standard InChI is InChI=1S/C29H26N4O3/c1-17-8-5-6-10-25(17)33-28(31-27-18(2)14-22(36-4)16-23(27)29(34)35)26(19(3)32-33)21-11-12-24-20(15-21)9-7-13-30-24/h5-16,31H,1-4H3,(H,34,35). The van der Waals surface area contributed by atoms with E-state index in [1.807, 2.05) is 80.1 Å². The highest BCUT2D eigenvalue weighted by Crippen LogP contribution is 2.39. The summed E-state index contributed by atoms with van der Waals surface area (Å²) in [6.07, 6.45) is 1.77. The third kappa shape index (κ3) is 4.05. The second kappa shape index (κ2) is 9.19. The number of carbonyl (C=O) groups is 1. The van der Waals surface area contributed by atoms with Crippen LogP contribution < -0.4 is 10.1 Å². The number of fused-ring (bicyclic) bond motifs is 1. The molecule has 3 aromatic carbocycles. The number of hydrogen-bond acceptors (Lipinski definition) is 5. The number of nitrogens with zero attached hydrogens (tertiary/aromatic N) is 3. The van der Waals surface area contributed by atoms with Crippen molar-refractivity contribution in [1.82, 2.24) is 14.8 Å². The number of methoxy groups -OCH3 is 1. The predicted octanol–water partition coefficient (Wildman–Crippen LogP) is 6.46. The van der Waals surface area contributed by atoms with Crippen molar-refractivity contribution in [2.45, 2.75) is 20.8 Å². The van der Waals surface area contributed by atoms with E-state index < -0.39 is 5.97 Å². The molecule has 0 unspecified atom stereocenters. The molecule has 0 aliphatic rings. The van der Waals surface area contributed by atoms with Crippen LogP contribution in [0.2, 0.25) is 0 Å². The van der Waals surface area contributed by atoms with Crippen LogP contribution in [-0.4, -0.2) is 33.0 Å². The van der Waals surface area contributed by atoms with E-state index in [4.69, 9.17) is 9.84 Å². The van der Waals surface area contributed by atoms with Gasteiger partial charge in [0.1, 0.15) is 11.6 Å². The molecule has 7 nitrogen and oxygen atoms in total. The Morgan fingerprint density at radius 1 is 0.972 bits per heavy atom. The van der Waals surface area contributed by atoms with Crippen LogP contribution in [0.4, 0.5) is 11.5 Å². The van der Waals surface area contributed by atoms with Gasteiger partial charge in [-0.3, -0.25) is 4.98 Å². The Labute approximate surface area is 209 Å². The summed E-state index contributed by atoms with van der Waals surface area (Å²) in [5, 5.41) is 19.4. The minimum absolute atomic E-state index is 0.121. The predicted molar refractivity (Wildman–Crippen MR) is 142 cm³/mol. The fraction of sp³-hybridized carbons (Fsp3) is 0.138. The number of para-hydroxylation sites is 1. The molecule has 36 heavy (non-hydrogen) atoms. The molecule has 5 aromatic rings. The summed E-state index contributed by atoms with van der Waals surface area (Å²) < 4.78 is 7.17. The number of carboxylic acids is 1. The number of carboxylic acid groups (broad SMARTS) is 1. The van der Waals surface area contributed by atoms with E-state index in [9.17, 15) is 9.90 Å². The first-order valence-electron chi connectivity index (χ1n) is 11.6. The van der Waals surface area contributed by atoms with E-state index in [0.29, 0.717) is 17.3 Å². The van der Waals surface area contributed by atoms with E-state index >= 15 is 0 Å². The minimum atomic E-state index is -1.04. The number of aromatic nitrogens is 3. The van der Waals surface area contributed by atoms with Crippen LogP contribution >= 0.6 is 0 Å². The van der Waals surface area contributed by atoms with Crippen LogP contribution in [0.15, 0.2) is 72.9 Å². The summed E-state index contributed by atoms with van der Waals surface area (Å²) in [5.41, 5.74) is 6.86. The van der Waals surface area contributed by atoms with Crippen molar-refractivity contribution in [2.24, 2.45) is 0 Å². The number of anilines is 2. The van der Waals surface area contributed by atoms with Gasteiger partial charge in [-0.1, -0.05) is 30.3 Å². The normalized spacial score (nSPS) is 11.0. The smallest absolute Gasteiger partial charge is 0.337 e. The molecule has 0 fully saturated rings. The Balaban J connectivity index is 1.77. The van der Waals surface area contributed by atoms with E-state index in [1.165, 1.54) is 13.2 Å². The Morgan fingerprint density at radius 2 is 1.78 bits per heavy atom. The SMILES string of the molecule is COc1cc(C)c(Nc2c(-c3ccc4ncccc4c3)c(C)nn2-c2ccccc2C)c(C(=O)O)c1. The lowest BCUT2D eigenvalue weighted by molar-refractivity contribution is 0.0697. The zero-order chi connectivity index (χ0) is 25.4. The molecule has 0 atom stereocenters. The number of aryl methyl sites for hydroxylation is 3. The van der Waals surface area contributed by atoms with E-state index in [2.05, 4.69) is 16.4 Å². The second-order valence-electron chi connectivity index (χ2n) is 8.72. The monoisotopic (exact) mass is 478 g/mol. The molecule has 2 aromatic heterocycles. The average molecular weight is 479 g/mol. The Hall–Kier alpha value is -4.65. The molecule has 0 spiro atoms. The van der Waals surface area contributed by atoms with Gasteiger partial charge in [0.25, 0.3) is 0 Å². The fourth-order valence-corrected chi connectivity index (χ4v) is 4.52. The van der Waals surface area contributed by atoms with Gasteiger partial charge in [-0.25, -0.2) is 9.48 Å². The van der Waals surface area contributed by atoms with Crippen LogP contribution in [-0.2, 0) is 0 Å². The third-order valence-electron chi connectivity index (χ3n) is 6.31. The molecule has 180 valence electrons. The first-order chi connectivity index (χ1) is 17.4. The number of aromatic carboxylic acids is 1. The highest BCUT2D eigenvalue weighted by atomic mass is 16.5. The molecular weight excluding hydrogens is 452 g/mol. The topological polar surface area (TPSA) is 89.3 Å². The maximum Gasteiger partial charge on any atom is 0.337 e. The maximum atomic E-state index is 12.2.